The van der Waals surface area contributed by atoms with Crippen molar-refractivity contribution in [2.45, 2.75) is 49.9 Å². The van der Waals surface area contributed by atoms with Gasteiger partial charge in [0.1, 0.15) is 23.9 Å². The highest BCUT2D eigenvalue weighted by Crippen LogP contribution is 2.11. The minimum absolute atomic E-state index is 0.0614. The minimum atomic E-state index is -1.15. The molecule has 0 radical (unpaired) electrons. The van der Waals surface area contributed by atoms with Crippen LogP contribution in [-0.4, -0.2) is 92.1 Å². The van der Waals surface area contributed by atoms with Crippen molar-refractivity contribution < 1.29 is 29.4 Å². The summed E-state index contributed by atoms with van der Waals surface area (Å²) in [6.45, 7) is 0. The number of phenolic OH excluding ortho intramolecular Hbond substituents is 1. The number of amides is 3. The predicted octanol–water partition coefficient (Wildman–Crippen LogP) is 0.273. The highest BCUT2D eigenvalue weighted by atomic mass is 32.2. The van der Waals surface area contributed by atoms with E-state index in [4.69, 9.17) is 5.73 Å². The first-order chi connectivity index (χ1) is 18.6. The second kappa shape index (κ2) is 16.7. The van der Waals surface area contributed by atoms with Crippen molar-refractivity contribution in [1.82, 2.24) is 25.9 Å². The first-order valence-electron chi connectivity index (χ1n) is 12.3. The zero-order chi connectivity index (χ0) is 28.8. The summed E-state index contributed by atoms with van der Waals surface area (Å²) in [5.41, 5.74) is 7.41. The lowest BCUT2D eigenvalue weighted by atomic mass is 10.0. The van der Waals surface area contributed by atoms with Crippen molar-refractivity contribution in [3.8, 4) is 5.75 Å². The normalized spacial score (nSPS) is 14.0. The lowest BCUT2D eigenvalue weighted by molar-refractivity contribution is -0.142. The number of phenols is 1. The minimum Gasteiger partial charge on any atom is -0.508 e. The molecule has 8 N–H and O–H groups in total. The monoisotopic (exact) mass is 580 g/mol. The van der Waals surface area contributed by atoms with Gasteiger partial charge in [0.05, 0.1) is 12.4 Å². The number of aliphatic carboxylic acids is 1. The largest absolute Gasteiger partial charge is 0.508 e. The quantitative estimate of drug-likeness (QED) is 0.136. The van der Waals surface area contributed by atoms with Gasteiger partial charge in [-0.25, -0.2) is 9.78 Å². The second-order valence-electron chi connectivity index (χ2n) is 8.84. The van der Waals surface area contributed by atoms with Crippen molar-refractivity contribution in [3.05, 3.63) is 48.0 Å². The number of hydrogen-bond donors (Lipinski definition) is 7. The van der Waals surface area contributed by atoms with Gasteiger partial charge in [-0.05, 0) is 61.0 Å². The SMILES string of the molecule is CSCCC(NC(=O)C(CCSC)NC(=O)C(Cc1cnc[nH]1)NC(=O)C(N)Cc1ccc(O)cc1)C(=O)O. The summed E-state index contributed by atoms with van der Waals surface area (Å²) < 4.78 is 0. The molecule has 0 fully saturated rings. The zero-order valence-electron chi connectivity index (χ0n) is 21.9. The van der Waals surface area contributed by atoms with Gasteiger partial charge in [-0.1, -0.05) is 12.1 Å². The van der Waals surface area contributed by atoms with Gasteiger partial charge in [0.15, 0.2) is 0 Å². The fraction of sp³-hybridized carbons (Fsp3) is 0.480. The number of aromatic nitrogens is 2. The summed E-state index contributed by atoms with van der Waals surface area (Å²) in [6, 6.07) is 2.13. The van der Waals surface area contributed by atoms with Crippen LogP contribution in [0.25, 0.3) is 0 Å². The number of aromatic amines is 1. The zero-order valence-corrected chi connectivity index (χ0v) is 23.5. The molecule has 12 nitrogen and oxygen atoms in total. The fourth-order valence-electron chi connectivity index (χ4n) is 3.63. The fourth-order valence-corrected chi connectivity index (χ4v) is 4.57. The highest BCUT2D eigenvalue weighted by molar-refractivity contribution is 7.98. The van der Waals surface area contributed by atoms with Crippen molar-refractivity contribution in [2.24, 2.45) is 5.73 Å². The van der Waals surface area contributed by atoms with Crippen LogP contribution in [0.15, 0.2) is 36.8 Å². The van der Waals surface area contributed by atoms with E-state index in [1.807, 2.05) is 12.5 Å². The van der Waals surface area contributed by atoms with Gasteiger partial charge in [-0.3, -0.25) is 14.4 Å². The van der Waals surface area contributed by atoms with Crippen LogP contribution in [-0.2, 0) is 32.0 Å². The molecule has 0 aliphatic carbocycles. The van der Waals surface area contributed by atoms with Gasteiger partial charge in [-0.15, -0.1) is 0 Å². The smallest absolute Gasteiger partial charge is 0.326 e. The Morgan fingerprint density at radius 1 is 0.897 bits per heavy atom. The van der Waals surface area contributed by atoms with E-state index in [1.165, 1.54) is 48.2 Å². The van der Waals surface area contributed by atoms with Crippen LogP contribution in [0.5, 0.6) is 5.75 Å². The van der Waals surface area contributed by atoms with E-state index in [0.29, 0.717) is 17.2 Å². The first-order valence-corrected chi connectivity index (χ1v) is 15.1. The predicted molar refractivity (Wildman–Crippen MR) is 152 cm³/mol. The lowest BCUT2D eigenvalue weighted by Crippen LogP contribution is -2.58. The third-order valence-corrected chi connectivity index (χ3v) is 7.10. The van der Waals surface area contributed by atoms with E-state index >= 15 is 0 Å². The number of H-pyrrole nitrogens is 1. The van der Waals surface area contributed by atoms with E-state index in [9.17, 15) is 29.4 Å². The van der Waals surface area contributed by atoms with Gasteiger partial charge in [0.25, 0.3) is 0 Å². The number of aromatic hydroxyl groups is 1. The molecule has 0 spiro atoms. The Morgan fingerprint density at radius 2 is 1.46 bits per heavy atom. The molecule has 14 heteroatoms. The Labute approximate surface area is 235 Å². The van der Waals surface area contributed by atoms with E-state index < -0.39 is 47.9 Å². The summed E-state index contributed by atoms with van der Waals surface area (Å²) in [6.07, 6.45) is 7.39. The second-order valence-corrected chi connectivity index (χ2v) is 10.8. The number of hydrogen-bond acceptors (Lipinski definition) is 9. The number of imidazole rings is 1. The molecule has 4 atom stereocenters. The Bertz CT molecular complexity index is 1070. The van der Waals surface area contributed by atoms with E-state index in [0.717, 1.165) is 5.56 Å². The van der Waals surface area contributed by atoms with E-state index in [2.05, 4.69) is 25.9 Å². The van der Waals surface area contributed by atoms with Crippen LogP contribution in [0.2, 0.25) is 0 Å². The Balaban J connectivity index is 2.15. The summed E-state index contributed by atoms with van der Waals surface area (Å²) in [7, 11) is 0. The molecule has 0 aliphatic rings. The van der Waals surface area contributed by atoms with Gasteiger partial charge in [0.2, 0.25) is 17.7 Å². The Hall–Kier alpha value is -3.23. The van der Waals surface area contributed by atoms with Crippen LogP contribution in [0.3, 0.4) is 0 Å². The molecular formula is C25H36N6O6S2. The number of carboxylic acids is 1. The van der Waals surface area contributed by atoms with Crippen molar-refractivity contribution in [2.75, 3.05) is 24.0 Å². The van der Waals surface area contributed by atoms with E-state index in [-0.39, 0.29) is 31.4 Å². The molecule has 3 amide bonds. The summed E-state index contributed by atoms with van der Waals surface area (Å²) in [5.74, 6) is -1.78. The van der Waals surface area contributed by atoms with Crippen LogP contribution < -0.4 is 21.7 Å². The number of benzene rings is 1. The molecule has 1 aromatic heterocycles. The molecular weight excluding hydrogens is 544 g/mol. The molecule has 2 rings (SSSR count). The molecule has 1 aromatic carbocycles. The average molecular weight is 581 g/mol. The van der Waals surface area contributed by atoms with E-state index in [1.54, 1.807) is 12.1 Å². The maximum absolute atomic E-state index is 13.4. The van der Waals surface area contributed by atoms with Crippen molar-refractivity contribution in [3.63, 3.8) is 0 Å². The number of carbonyl (C=O) groups is 4. The molecule has 214 valence electrons. The third kappa shape index (κ3) is 11.2. The van der Waals surface area contributed by atoms with Crippen LogP contribution in [0.1, 0.15) is 24.1 Å². The van der Waals surface area contributed by atoms with Gasteiger partial charge in [0, 0.05) is 18.3 Å². The standard InChI is InChI=1S/C25H36N6O6S2/c1-38-9-7-19(23(34)30-20(25(36)37)8-10-39-2)29-24(35)21(12-16-13-27-14-28-16)31-22(33)18(26)11-15-3-5-17(32)6-4-15/h3-6,13-14,18-21,32H,7-12,26H2,1-2H3,(H,27,28)(H,29,35)(H,30,34)(H,31,33)(H,36,37). The molecule has 0 saturated carbocycles. The maximum atomic E-state index is 13.4. The van der Waals surface area contributed by atoms with Gasteiger partial charge < -0.3 is 36.9 Å². The van der Waals surface area contributed by atoms with Crippen molar-refractivity contribution >= 4 is 47.2 Å². The maximum Gasteiger partial charge on any atom is 0.326 e. The highest BCUT2D eigenvalue weighted by Gasteiger charge is 2.30. The topological polar surface area (TPSA) is 200 Å². The Kier molecular flexibility index (Phi) is 13.7. The van der Waals surface area contributed by atoms with Gasteiger partial charge >= 0.3 is 5.97 Å². The molecule has 0 bridgehead atoms. The van der Waals surface area contributed by atoms with Crippen molar-refractivity contribution in [1.29, 1.82) is 0 Å². The number of thioether (sulfide) groups is 2. The Morgan fingerprint density at radius 3 is 2.03 bits per heavy atom. The summed E-state index contributed by atoms with van der Waals surface area (Å²) >= 11 is 2.94. The number of nitrogens with two attached hydrogens (primary N) is 1. The van der Waals surface area contributed by atoms with Gasteiger partial charge in [-0.2, -0.15) is 23.5 Å². The number of carboxylic acid groups (broad SMARTS) is 1. The lowest BCUT2D eigenvalue weighted by Gasteiger charge is -2.25. The van der Waals surface area contributed by atoms with Crippen LogP contribution in [0, 0.1) is 0 Å². The van der Waals surface area contributed by atoms with Crippen LogP contribution >= 0.6 is 23.5 Å². The van der Waals surface area contributed by atoms with Crippen LogP contribution in [0.4, 0.5) is 0 Å². The molecule has 0 saturated heterocycles. The summed E-state index contributed by atoms with van der Waals surface area (Å²) in [4.78, 5) is 57.8. The molecule has 2 aromatic rings. The summed E-state index contributed by atoms with van der Waals surface area (Å²) in [5, 5.41) is 26.8. The number of nitrogens with zero attached hydrogens (tertiary/aromatic N) is 1. The number of rotatable bonds is 17. The average Bonchev–Trinajstić information content (AvgIpc) is 3.42. The molecule has 39 heavy (non-hydrogen) atoms. The number of carbonyl (C=O) groups excluding carboxylic acids is 3. The molecule has 0 aliphatic heterocycles. The first kappa shape index (κ1) is 32.0. The molecule has 1 heterocycles. The third-order valence-electron chi connectivity index (χ3n) is 5.81. The molecule has 4 unspecified atom stereocenters. The number of nitrogens with one attached hydrogen (secondary N) is 4.